The first-order chi connectivity index (χ1) is 11.6. The number of ether oxygens (including phenoxy) is 1. The fraction of sp³-hybridized carbons (Fsp3) is 0.158. The molecular weight excluding hydrogens is 304 g/mol. The van der Waals surface area contributed by atoms with E-state index in [0.29, 0.717) is 16.9 Å². The van der Waals surface area contributed by atoms with Gasteiger partial charge in [0, 0.05) is 17.1 Å². The largest absolute Gasteiger partial charge is 0.497 e. The molecule has 1 amide bonds. The lowest BCUT2D eigenvalue weighted by Gasteiger charge is -2.10. The van der Waals surface area contributed by atoms with Gasteiger partial charge in [-0.05, 0) is 42.8 Å². The van der Waals surface area contributed by atoms with Crippen LogP contribution >= 0.6 is 0 Å². The summed E-state index contributed by atoms with van der Waals surface area (Å²) in [5.41, 5.74) is 3.33. The maximum absolute atomic E-state index is 12.6. The summed E-state index contributed by atoms with van der Waals surface area (Å²) < 4.78 is 5.20. The summed E-state index contributed by atoms with van der Waals surface area (Å²) in [6, 6.07) is 14.5. The minimum absolute atomic E-state index is 0.0674. The number of carbonyl (C=O) groups is 1. The topological polar surface area (TPSA) is 71.5 Å². The van der Waals surface area contributed by atoms with E-state index in [2.05, 4.69) is 10.3 Å². The number of aliphatic hydroxyl groups is 1. The lowest BCUT2D eigenvalue weighted by Crippen LogP contribution is -2.14. The smallest absolute Gasteiger partial charge is 0.257 e. The van der Waals surface area contributed by atoms with Crippen molar-refractivity contribution in [2.75, 3.05) is 12.4 Å². The van der Waals surface area contributed by atoms with E-state index in [1.165, 1.54) is 0 Å². The van der Waals surface area contributed by atoms with Gasteiger partial charge in [-0.25, -0.2) is 0 Å². The van der Waals surface area contributed by atoms with Gasteiger partial charge in [-0.2, -0.15) is 0 Å². The monoisotopic (exact) mass is 322 g/mol. The number of hydrogen-bond acceptors (Lipinski definition) is 4. The Morgan fingerprint density at radius 1 is 1.21 bits per heavy atom. The predicted molar refractivity (Wildman–Crippen MR) is 93.4 cm³/mol. The van der Waals surface area contributed by atoms with Crippen LogP contribution in [0.5, 0.6) is 5.75 Å². The summed E-state index contributed by atoms with van der Waals surface area (Å²) >= 11 is 0. The molecule has 0 aliphatic heterocycles. The molecule has 0 saturated carbocycles. The van der Waals surface area contributed by atoms with Crippen LogP contribution in [0, 0.1) is 6.92 Å². The second-order valence-corrected chi connectivity index (χ2v) is 5.49. The number of pyridine rings is 1. The van der Waals surface area contributed by atoms with Gasteiger partial charge in [-0.3, -0.25) is 9.78 Å². The highest BCUT2D eigenvalue weighted by atomic mass is 16.5. The molecule has 1 aromatic heterocycles. The lowest BCUT2D eigenvalue weighted by atomic mass is 10.1. The van der Waals surface area contributed by atoms with E-state index in [1.807, 2.05) is 24.3 Å². The van der Waals surface area contributed by atoms with E-state index >= 15 is 0 Å². The van der Waals surface area contributed by atoms with Gasteiger partial charge in [0.2, 0.25) is 0 Å². The second kappa shape index (κ2) is 6.68. The zero-order chi connectivity index (χ0) is 17.1. The Hall–Kier alpha value is -2.92. The van der Waals surface area contributed by atoms with Gasteiger partial charge in [-0.15, -0.1) is 0 Å². The molecule has 1 heterocycles. The summed E-state index contributed by atoms with van der Waals surface area (Å²) in [5, 5.41) is 12.9. The van der Waals surface area contributed by atoms with Crippen molar-refractivity contribution in [1.29, 1.82) is 0 Å². The number of rotatable bonds is 4. The van der Waals surface area contributed by atoms with Crippen molar-refractivity contribution < 1.29 is 14.6 Å². The standard InChI is InChI=1S/C19H18N2O3/c1-12-17(9-14-6-7-16(24-2)10-18(14)20-12)19(23)21-15-5-3-4-13(8-15)11-22/h3-10,22H,11H2,1-2H3,(H,21,23). The molecule has 0 spiro atoms. The Balaban J connectivity index is 1.92. The number of anilines is 1. The number of aromatic nitrogens is 1. The third kappa shape index (κ3) is 3.21. The number of amides is 1. The highest BCUT2D eigenvalue weighted by Crippen LogP contribution is 2.22. The molecule has 0 saturated heterocycles. The lowest BCUT2D eigenvalue weighted by molar-refractivity contribution is 0.102. The number of methoxy groups -OCH3 is 1. The number of aliphatic hydroxyl groups excluding tert-OH is 1. The molecule has 0 fully saturated rings. The summed E-state index contributed by atoms with van der Waals surface area (Å²) in [6.45, 7) is 1.74. The van der Waals surface area contributed by atoms with E-state index in [1.54, 1.807) is 38.3 Å². The molecule has 0 aliphatic carbocycles. The molecule has 0 bridgehead atoms. The van der Waals surface area contributed by atoms with Crippen molar-refractivity contribution in [1.82, 2.24) is 4.98 Å². The first kappa shape index (κ1) is 16.0. The molecule has 2 aromatic carbocycles. The van der Waals surface area contributed by atoms with Crippen LogP contribution in [0.25, 0.3) is 10.9 Å². The highest BCUT2D eigenvalue weighted by Gasteiger charge is 2.12. The van der Waals surface area contributed by atoms with Crippen LogP contribution in [0.2, 0.25) is 0 Å². The average molecular weight is 322 g/mol. The summed E-state index contributed by atoms with van der Waals surface area (Å²) in [6.07, 6.45) is 0. The van der Waals surface area contributed by atoms with E-state index in [9.17, 15) is 9.90 Å². The minimum Gasteiger partial charge on any atom is -0.497 e. The van der Waals surface area contributed by atoms with Gasteiger partial charge < -0.3 is 15.2 Å². The molecule has 2 N–H and O–H groups in total. The van der Waals surface area contributed by atoms with Gasteiger partial charge in [0.25, 0.3) is 5.91 Å². The van der Waals surface area contributed by atoms with Crippen molar-refractivity contribution in [3.8, 4) is 5.75 Å². The van der Waals surface area contributed by atoms with Crippen molar-refractivity contribution in [2.45, 2.75) is 13.5 Å². The molecule has 5 nitrogen and oxygen atoms in total. The SMILES string of the molecule is COc1ccc2cc(C(=O)Nc3cccc(CO)c3)c(C)nc2c1. The third-order valence-electron chi connectivity index (χ3n) is 3.83. The molecule has 122 valence electrons. The maximum Gasteiger partial charge on any atom is 0.257 e. The molecule has 3 rings (SSSR count). The number of hydrogen-bond donors (Lipinski definition) is 2. The molecule has 0 unspecified atom stereocenters. The Bertz CT molecular complexity index is 906. The van der Waals surface area contributed by atoms with Crippen LogP contribution in [-0.2, 0) is 6.61 Å². The number of carbonyl (C=O) groups excluding carboxylic acids is 1. The molecule has 0 radical (unpaired) electrons. The van der Waals surface area contributed by atoms with E-state index in [4.69, 9.17) is 4.74 Å². The summed E-state index contributed by atoms with van der Waals surface area (Å²) in [4.78, 5) is 17.1. The first-order valence-electron chi connectivity index (χ1n) is 7.57. The Kier molecular flexibility index (Phi) is 4.44. The van der Waals surface area contributed by atoms with Crippen molar-refractivity contribution in [3.05, 3.63) is 65.4 Å². The van der Waals surface area contributed by atoms with Crippen LogP contribution < -0.4 is 10.1 Å². The van der Waals surface area contributed by atoms with Crippen LogP contribution in [0.1, 0.15) is 21.6 Å². The molecule has 3 aromatic rings. The van der Waals surface area contributed by atoms with Crippen LogP contribution in [-0.4, -0.2) is 23.1 Å². The fourth-order valence-corrected chi connectivity index (χ4v) is 2.55. The Morgan fingerprint density at radius 2 is 2.04 bits per heavy atom. The van der Waals surface area contributed by atoms with Crippen LogP contribution in [0.3, 0.4) is 0 Å². The predicted octanol–water partition coefficient (Wildman–Crippen LogP) is 3.30. The molecular formula is C19H18N2O3. The fourth-order valence-electron chi connectivity index (χ4n) is 2.55. The summed E-state index contributed by atoms with van der Waals surface area (Å²) in [5.74, 6) is 0.500. The van der Waals surface area contributed by atoms with Gasteiger partial charge in [0.1, 0.15) is 5.75 Å². The van der Waals surface area contributed by atoms with Gasteiger partial charge in [-0.1, -0.05) is 12.1 Å². The Morgan fingerprint density at radius 3 is 2.79 bits per heavy atom. The highest BCUT2D eigenvalue weighted by molar-refractivity contribution is 6.06. The quantitative estimate of drug-likeness (QED) is 0.773. The van der Waals surface area contributed by atoms with Crippen molar-refractivity contribution in [2.24, 2.45) is 0 Å². The number of fused-ring (bicyclic) bond motifs is 1. The molecule has 24 heavy (non-hydrogen) atoms. The minimum atomic E-state index is -0.229. The van der Waals surface area contributed by atoms with E-state index < -0.39 is 0 Å². The van der Waals surface area contributed by atoms with Crippen molar-refractivity contribution >= 4 is 22.5 Å². The zero-order valence-corrected chi connectivity index (χ0v) is 13.5. The van der Waals surface area contributed by atoms with Crippen LogP contribution in [0.15, 0.2) is 48.5 Å². The van der Waals surface area contributed by atoms with E-state index in [0.717, 1.165) is 22.2 Å². The van der Waals surface area contributed by atoms with Crippen LogP contribution in [0.4, 0.5) is 5.69 Å². The summed E-state index contributed by atoms with van der Waals surface area (Å²) in [7, 11) is 1.61. The number of benzene rings is 2. The first-order valence-corrected chi connectivity index (χ1v) is 7.57. The Labute approximate surface area is 139 Å². The number of nitrogens with zero attached hydrogens (tertiary/aromatic N) is 1. The van der Waals surface area contributed by atoms with E-state index in [-0.39, 0.29) is 12.5 Å². The molecule has 0 atom stereocenters. The normalized spacial score (nSPS) is 10.6. The average Bonchev–Trinajstić information content (AvgIpc) is 2.60. The third-order valence-corrected chi connectivity index (χ3v) is 3.83. The van der Waals surface area contributed by atoms with Gasteiger partial charge in [0.15, 0.2) is 0 Å². The molecule has 0 aliphatic rings. The van der Waals surface area contributed by atoms with Gasteiger partial charge in [0.05, 0.1) is 30.5 Å². The zero-order valence-electron chi connectivity index (χ0n) is 13.5. The van der Waals surface area contributed by atoms with Gasteiger partial charge >= 0.3 is 0 Å². The second-order valence-electron chi connectivity index (χ2n) is 5.49. The maximum atomic E-state index is 12.6. The molecule has 5 heteroatoms. The number of nitrogens with one attached hydrogen (secondary N) is 1. The van der Waals surface area contributed by atoms with Crippen molar-refractivity contribution in [3.63, 3.8) is 0 Å². The number of aryl methyl sites for hydroxylation is 1.